The van der Waals surface area contributed by atoms with Gasteiger partial charge in [0.05, 0.1) is 4.90 Å². The zero-order valence-electron chi connectivity index (χ0n) is 13.5. The number of sulfonamides is 1. The van der Waals surface area contributed by atoms with Crippen LogP contribution in [0.3, 0.4) is 0 Å². The molecule has 0 spiro atoms. The molecule has 0 aliphatic carbocycles. The third kappa shape index (κ3) is 4.18. The normalized spacial score (nSPS) is 11.3. The number of hydrogen-bond acceptors (Lipinski definition) is 3. The van der Waals surface area contributed by atoms with Gasteiger partial charge in [-0.1, -0.05) is 12.1 Å². The maximum Gasteiger partial charge on any atom is 0.254 e. The zero-order chi connectivity index (χ0) is 17.7. The summed E-state index contributed by atoms with van der Waals surface area (Å²) in [6, 6.07) is 11.8. The van der Waals surface area contributed by atoms with Gasteiger partial charge in [-0.15, -0.1) is 0 Å². The van der Waals surface area contributed by atoms with E-state index >= 15 is 0 Å². The Morgan fingerprint density at radius 3 is 2.38 bits per heavy atom. The van der Waals surface area contributed by atoms with Crippen LogP contribution in [0, 0.1) is 5.82 Å². The van der Waals surface area contributed by atoms with E-state index in [9.17, 15) is 17.6 Å². The summed E-state index contributed by atoms with van der Waals surface area (Å²) in [7, 11) is -2.21. The molecule has 2 rings (SSSR count). The van der Waals surface area contributed by atoms with Crippen molar-refractivity contribution in [3.63, 3.8) is 0 Å². The average molecular weight is 350 g/mol. The van der Waals surface area contributed by atoms with E-state index in [1.165, 1.54) is 43.4 Å². The molecule has 1 N–H and O–H groups in total. The van der Waals surface area contributed by atoms with E-state index in [0.29, 0.717) is 17.7 Å². The SMILES string of the molecule is CCN(Cc1cccc(F)c1)C(=O)c1ccc(S(=O)(=O)NC)cc1. The highest BCUT2D eigenvalue weighted by Crippen LogP contribution is 2.14. The number of nitrogens with one attached hydrogen (secondary N) is 1. The number of carbonyl (C=O) groups excluding carboxylic acids is 1. The Morgan fingerprint density at radius 2 is 1.83 bits per heavy atom. The summed E-state index contributed by atoms with van der Waals surface area (Å²) < 4.78 is 38.9. The summed E-state index contributed by atoms with van der Waals surface area (Å²) in [5.74, 6) is -0.590. The van der Waals surface area contributed by atoms with Gasteiger partial charge in [-0.3, -0.25) is 4.79 Å². The van der Waals surface area contributed by atoms with Gasteiger partial charge in [0.2, 0.25) is 10.0 Å². The Hall–Kier alpha value is -2.25. The van der Waals surface area contributed by atoms with Crippen molar-refractivity contribution in [3.05, 3.63) is 65.5 Å². The third-order valence-corrected chi connectivity index (χ3v) is 5.04. The number of benzene rings is 2. The van der Waals surface area contributed by atoms with Gasteiger partial charge < -0.3 is 4.90 Å². The number of hydrogen-bond donors (Lipinski definition) is 1. The van der Waals surface area contributed by atoms with Gasteiger partial charge in [-0.2, -0.15) is 0 Å². The molecule has 7 heteroatoms. The molecule has 1 amide bonds. The molecule has 2 aromatic carbocycles. The van der Waals surface area contributed by atoms with Gasteiger partial charge in [0.25, 0.3) is 5.91 Å². The van der Waals surface area contributed by atoms with Crippen molar-refractivity contribution < 1.29 is 17.6 Å². The summed E-state index contributed by atoms with van der Waals surface area (Å²) in [6.07, 6.45) is 0. The van der Waals surface area contributed by atoms with Crippen molar-refractivity contribution in [1.82, 2.24) is 9.62 Å². The van der Waals surface area contributed by atoms with Crippen LogP contribution in [0.5, 0.6) is 0 Å². The van der Waals surface area contributed by atoms with Crippen molar-refractivity contribution in [2.75, 3.05) is 13.6 Å². The van der Waals surface area contributed by atoms with Crippen LogP contribution in [0.2, 0.25) is 0 Å². The summed E-state index contributed by atoms with van der Waals surface area (Å²) in [5, 5.41) is 0. The number of carbonyl (C=O) groups is 1. The van der Waals surface area contributed by atoms with Crippen LogP contribution in [-0.2, 0) is 16.6 Å². The monoisotopic (exact) mass is 350 g/mol. The average Bonchev–Trinajstić information content (AvgIpc) is 2.59. The first-order valence-electron chi connectivity index (χ1n) is 7.44. The molecule has 128 valence electrons. The van der Waals surface area contributed by atoms with Crippen LogP contribution in [0.1, 0.15) is 22.8 Å². The van der Waals surface area contributed by atoms with Gasteiger partial charge in [0.1, 0.15) is 5.82 Å². The molecule has 0 radical (unpaired) electrons. The lowest BCUT2D eigenvalue weighted by atomic mass is 10.1. The lowest BCUT2D eigenvalue weighted by Gasteiger charge is -2.21. The molecule has 0 saturated carbocycles. The Kier molecular flexibility index (Phi) is 5.69. The summed E-state index contributed by atoms with van der Waals surface area (Å²) in [6.45, 7) is 2.56. The standard InChI is InChI=1S/C17H19FN2O3S/c1-3-20(12-13-5-4-6-15(18)11-13)17(21)14-7-9-16(10-8-14)24(22,23)19-2/h4-11,19H,3,12H2,1-2H3. The minimum Gasteiger partial charge on any atom is -0.335 e. The fourth-order valence-electron chi connectivity index (χ4n) is 2.26. The van der Waals surface area contributed by atoms with E-state index < -0.39 is 10.0 Å². The first-order valence-corrected chi connectivity index (χ1v) is 8.93. The van der Waals surface area contributed by atoms with Gasteiger partial charge in [-0.05, 0) is 55.9 Å². The fraction of sp³-hybridized carbons (Fsp3) is 0.235. The highest BCUT2D eigenvalue weighted by molar-refractivity contribution is 7.89. The van der Waals surface area contributed by atoms with Gasteiger partial charge >= 0.3 is 0 Å². The fourth-order valence-corrected chi connectivity index (χ4v) is 2.99. The Labute approximate surface area is 141 Å². The first kappa shape index (κ1) is 18.1. The van der Waals surface area contributed by atoms with Crippen LogP contribution >= 0.6 is 0 Å². The smallest absolute Gasteiger partial charge is 0.254 e. The predicted octanol–water partition coefficient (Wildman–Crippen LogP) is 2.40. The second-order valence-electron chi connectivity index (χ2n) is 5.18. The lowest BCUT2D eigenvalue weighted by molar-refractivity contribution is 0.0752. The van der Waals surface area contributed by atoms with Crippen molar-refractivity contribution in [2.45, 2.75) is 18.4 Å². The number of amides is 1. The summed E-state index contributed by atoms with van der Waals surface area (Å²) in [5.41, 5.74) is 1.07. The lowest BCUT2D eigenvalue weighted by Crippen LogP contribution is -2.30. The van der Waals surface area contributed by atoms with Crippen LogP contribution in [0.15, 0.2) is 53.4 Å². The van der Waals surface area contributed by atoms with E-state index in [-0.39, 0.29) is 23.2 Å². The molecular formula is C17H19FN2O3S. The van der Waals surface area contributed by atoms with E-state index in [1.54, 1.807) is 17.0 Å². The third-order valence-electron chi connectivity index (χ3n) is 3.61. The quantitative estimate of drug-likeness (QED) is 0.870. The van der Waals surface area contributed by atoms with Crippen molar-refractivity contribution in [2.24, 2.45) is 0 Å². The van der Waals surface area contributed by atoms with Crippen LogP contribution in [-0.4, -0.2) is 32.8 Å². The molecule has 0 aliphatic rings. The predicted molar refractivity (Wildman–Crippen MR) is 89.5 cm³/mol. The molecule has 0 aliphatic heterocycles. The highest BCUT2D eigenvalue weighted by atomic mass is 32.2. The number of halogens is 1. The minimum absolute atomic E-state index is 0.0923. The maximum atomic E-state index is 13.3. The van der Waals surface area contributed by atoms with Crippen molar-refractivity contribution in [1.29, 1.82) is 0 Å². The van der Waals surface area contributed by atoms with E-state index in [4.69, 9.17) is 0 Å². The van der Waals surface area contributed by atoms with Crippen LogP contribution in [0.25, 0.3) is 0 Å². The molecule has 0 heterocycles. The van der Waals surface area contributed by atoms with E-state index in [1.807, 2.05) is 6.92 Å². The second kappa shape index (κ2) is 7.55. The molecule has 0 saturated heterocycles. The van der Waals surface area contributed by atoms with Gasteiger partial charge in [0, 0.05) is 18.7 Å². The number of nitrogens with zero attached hydrogens (tertiary/aromatic N) is 1. The molecule has 0 bridgehead atoms. The summed E-state index contributed by atoms with van der Waals surface area (Å²) >= 11 is 0. The highest BCUT2D eigenvalue weighted by Gasteiger charge is 2.17. The molecule has 0 unspecified atom stereocenters. The van der Waals surface area contributed by atoms with E-state index in [0.717, 1.165) is 0 Å². The molecular weight excluding hydrogens is 331 g/mol. The van der Waals surface area contributed by atoms with Crippen LogP contribution < -0.4 is 4.72 Å². The second-order valence-corrected chi connectivity index (χ2v) is 7.07. The molecule has 2 aromatic rings. The topological polar surface area (TPSA) is 66.5 Å². The van der Waals surface area contributed by atoms with Gasteiger partial charge in [-0.25, -0.2) is 17.5 Å². The maximum absolute atomic E-state index is 13.3. The zero-order valence-corrected chi connectivity index (χ0v) is 14.3. The molecule has 24 heavy (non-hydrogen) atoms. The number of rotatable bonds is 6. The molecule has 0 fully saturated rings. The summed E-state index contributed by atoms with van der Waals surface area (Å²) in [4.78, 5) is 14.2. The first-order chi connectivity index (χ1) is 11.4. The largest absolute Gasteiger partial charge is 0.335 e. The molecule has 5 nitrogen and oxygen atoms in total. The Morgan fingerprint density at radius 1 is 1.17 bits per heavy atom. The van der Waals surface area contributed by atoms with Crippen molar-refractivity contribution in [3.8, 4) is 0 Å². The Bertz CT molecular complexity index is 820. The van der Waals surface area contributed by atoms with E-state index in [2.05, 4.69) is 4.72 Å². The Balaban J connectivity index is 2.19. The van der Waals surface area contributed by atoms with Crippen LogP contribution in [0.4, 0.5) is 4.39 Å². The molecule has 0 aromatic heterocycles. The van der Waals surface area contributed by atoms with Crippen molar-refractivity contribution >= 4 is 15.9 Å². The van der Waals surface area contributed by atoms with Gasteiger partial charge in [0.15, 0.2) is 0 Å². The molecule has 0 atom stereocenters. The minimum atomic E-state index is -3.54.